The highest BCUT2D eigenvalue weighted by Crippen LogP contribution is 2.62. The molecule has 480 valence electrons. The van der Waals surface area contributed by atoms with Crippen molar-refractivity contribution in [1.29, 1.82) is 0 Å². The van der Waals surface area contributed by atoms with Gasteiger partial charge < -0.3 is 49.9 Å². The van der Waals surface area contributed by atoms with Gasteiger partial charge in [-0.25, -0.2) is 47.4 Å². The molecule has 4 aliphatic heterocycles. The number of nitrogens with zero attached hydrogens (tertiary/aromatic N) is 8. The number of unbranched alkanes of at least 4 members (excludes halogenated alkanes) is 2. The van der Waals surface area contributed by atoms with Crippen LogP contribution >= 0.6 is 38.1 Å². The van der Waals surface area contributed by atoms with Crippen molar-refractivity contribution in [2.75, 3.05) is 57.2 Å². The van der Waals surface area contributed by atoms with E-state index in [2.05, 4.69) is 70.7 Å². The van der Waals surface area contributed by atoms with Crippen LogP contribution in [0.15, 0.2) is 66.4 Å². The van der Waals surface area contributed by atoms with E-state index in [0.29, 0.717) is 30.5 Å². The third kappa shape index (κ3) is 15.3. The fraction of sp³-hybridized carbons (Fsp3) is 0.490. The van der Waals surface area contributed by atoms with Crippen molar-refractivity contribution in [3.05, 3.63) is 83.3 Å². The van der Waals surface area contributed by atoms with Gasteiger partial charge in [-0.15, -0.1) is 0 Å². The number of rotatable bonds is 20. The molecule has 0 aliphatic carbocycles. The smallest absolute Gasteiger partial charge is 0.412 e. The second kappa shape index (κ2) is 27.9. The maximum absolute atomic E-state index is 16.7. The largest absolute Gasteiger partial charge is 0.447 e. The number of hydrogen-bond donors (Lipinski definition) is 8. The Morgan fingerprint density at radius 1 is 0.910 bits per heavy atom. The van der Waals surface area contributed by atoms with E-state index in [1.807, 2.05) is 0 Å². The molecule has 5 aromatic rings. The lowest BCUT2D eigenvalue weighted by Crippen LogP contribution is -2.53. The minimum Gasteiger partial charge on any atom is -0.447 e. The Balaban J connectivity index is 0.724. The topological polar surface area (TPSA) is 397 Å². The molecule has 3 fully saturated rings. The monoisotopic (exact) mass is 1320 g/mol. The number of likely N-dealkylation sites (N-methyl/N-ethyl adjacent to an activating group) is 1. The van der Waals surface area contributed by atoms with Crippen LogP contribution < -0.4 is 26.8 Å². The first-order chi connectivity index (χ1) is 42.2. The molecule has 7 amide bonds. The number of anilines is 2. The van der Waals surface area contributed by atoms with Crippen LogP contribution in [0.1, 0.15) is 58.2 Å². The van der Waals surface area contributed by atoms with Crippen LogP contribution in [0.3, 0.4) is 0 Å². The van der Waals surface area contributed by atoms with Crippen molar-refractivity contribution >= 4 is 114 Å². The zero-order chi connectivity index (χ0) is 64.1. The predicted octanol–water partition coefficient (Wildman–Crippen LogP) is 3.76. The normalized spacial score (nSPS) is 26.0. The summed E-state index contributed by atoms with van der Waals surface area (Å²) < 4.78 is 106. The highest BCUT2D eigenvalue weighted by atomic mass is 32.7. The molecule has 4 aliphatic rings. The minimum absolute atomic E-state index is 0.0937. The molecule has 3 saturated heterocycles. The number of amides is 7. The Bertz CT molecular complexity index is 3700. The lowest BCUT2D eigenvalue weighted by Gasteiger charge is -2.35. The number of hydrogen-bond acceptors (Lipinski definition) is 23. The molecule has 1 aromatic carbocycles. The van der Waals surface area contributed by atoms with Gasteiger partial charge >= 0.3 is 25.8 Å². The number of H-pyrrole nitrogens is 1. The molecular weight excluding hydrogens is 1260 g/mol. The van der Waals surface area contributed by atoms with Gasteiger partial charge in [0.25, 0.3) is 17.4 Å². The Kier molecular flexibility index (Phi) is 20.7. The summed E-state index contributed by atoms with van der Waals surface area (Å²) in [5.74, 6) is -3.81. The maximum Gasteiger partial charge on any atom is 0.412 e. The number of aromatic nitrogens is 7. The van der Waals surface area contributed by atoms with E-state index in [1.165, 1.54) is 26.1 Å². The summed E-state index contributed by atoms with van der Waals surface area (Å²) in [4.78, 5) is 122. The van der Waals surface area contributed by atoms with Crippen LogP contribution in [0, 0.1) is 11.7 Å². The highest BCUT2D eigenvalue weighted by Gasteiger charge is 2.58. The number of carbonyl (C=O) groups is 7. The average Bonchev–Trinajstić information content (AvgIpc) is 1.65. The number of thiol groups is 2. The van der Waals surface area contributed by atoms with E-state index in [9.17, 15) is 52.6 Å². The third-order valence-corrected chi connectivity index (χ3v) is 17.7. The number of aliphatic hydroxyl groups is 1. The number of alkyl halides is 1. The number of ether oxygens (including phenoxy) is 4. The average molecular weight is 1320 g/mol. The van der Waals surface area contributed by atoms with Crippen LogP contribution in [0.4, 0.5) is 29.9 Å². The first-order valence-corrected chi connectivity index (χ1v) is 32.8. The summed E-state index contributed by atoms with van der Waals surface area (Å²) in [6.07, 6.45) is -4.77. The number of halogens is 2. The summed E-state index contributed by atoms with van der Waals surface area (Å²) >= 11 is 8.11. The van der Waals surface area contributed by atoms with Gasteiger partial charge in [-0.1, -0.05) is 56.9 Å². The molecule has 0 spiro atoms. The number of imidazole rings is 1. The molecular formula is C51H61F2N13O19P2S2. The minimum atomic E-state index is -4.78. The van der Waals surface area contributed by atoms with E-state index >= 15 is 8.78 Å². The SMILES string of the molecule is CC(C)[C@H](NC(=O)CCCCCN1C(=O)C=CC1=O)C(=O)N[C@@H](C)C(=O)Nc1ccc(COC(=O)N(C)CCOC(=O)Nc2ncnc3c2ncn3[C@@H]2O[C@@H]3CO[P@@](=O)(S)O[C@]4(n5cc(F)c6c(=O)[nH]cnc65)CO[C@H](CO[P@@](=O)(S)O[C@H]3[C@H]2F)[C@H]4O)cc1. The lowest BCUT2D eigenvalue weighted by atomic mass is 10.0. The molecule has 6 N–H and O–H groups in total. The molecule has 0 unspecified atom stereocenters. The number of aliphatic hydroxyl groups excluding tert-OH is 1. The van der Waals surface area contributed by atoms with Crippen molar-refractivity contribution in [2.45, 2.75) is 108 Å². The van der Waals surface area contributed by atoms with E-state index < -0.39 is 129 Å². The molecule has 32 nitrogen and oxygen atoms in total. The van der Waals surface area contributed by atoms with Gasteiger partial charge in [-0.3, -0.25) is 66.2 Å². The molecule has 2 bridgehead atoms. The number of aromatic amines is 1. The molecule has 11 atom stereocenters. The van der Waals surface area contributed by atoms with E-state index in [0.717, 1.165) is 44.1 Å². The van der Waals surface area contributed by atoms with Crippen molar-refractivity contribution in [3.8, 4) is 0 Å². The number of nitrogens with one attached hydrogen (secondary N) is 5. The van der Waals surface area contributed by atoms with Gasteiger partial charge in [0.1, 0.15) is 61.4 Å². The molecule has 89 heavy (non-hydrogen) atoms. The van der Waals surface area contributed by atoms with E-state index in [1.54, 1.807) is 38.1 Å². The number of benzene rings is 1. The second-order valence-corrected chi connectivity index (χ2v) is 26.8. The third-order valence-electron chi connectivity index (χ3n) is 14.5. The van der Waals surface area contributed by atoms with Crippen molar-refractivity contribution in [2.24, 2.45) is 5.92 Å². The fourth-order valence-corrected chi connectivity index (χ4v) is 12.9. The van der Waals surface area contributed by atoms with Crippen molar-refractivity contribution in [1.82, 2.24) is 54.5 Å². The maximum atomic E-state index is 16.7. The van der Waals surface area contributed by atoms with E-state index in [-0.39, 0.29) is 79.0 Å². The van der Waals surface area contributed by atoms with Crippen LogP contribution in [-0.4, -0.2) is 180 Å². The van der Waals surface area contributed by atoms with Gasteiger partial charge in [0.05, 0.1) is 39.0 Å². The second-order valence-electron chi connectivity index (χ2n) is 21.1. The standard InChI is InChI=1S/C51H61F2N13O19P2S2/c1-26(2)38(61-33(67)8-6-5-7-15-64-34(68)13-14-35(64)69)47(73)59-27(3)45(71)60-29-11-9-28(10-12-29)19-79-50(75)63(4)16-17-78-49(74)62-42-39-44(56-23-54-42)65(25-58-39)48-37(53)40-31(83-48)20-82-87(77,89)85-51(22-80-32(41(51)70)21-81-86(76,88)84-40)66-18-30(52)36-43(66)55-24-57-46(36)72/h9-14,18,23-27,31-32,37-38,40-41,48,70H,5-8,15-17,19-22H2,1-4H3,(H,59,73)(H,60,71)(H,61,67)(H,76,88)(H,77,89)(H,55,57,72)(H,54,56,62,74)/t27-,31+,32+,37+,38-,40+,41+,48+,51+,86+,87+/m0/s1. The first kappa shape index (κ1) is 66.2. The molecule has 8 heterocycles. The molecule has 4 aromatic heterocycles. The van der Waals surface area contributed by atoms with Gasteiger partial charge in [0.2, 0.25) is 23.4 Å². The molecule has 0 radical (unpaired) electrons. The Labute approximate surface area is 513 Å². The fourth-order valence-electron chi connectivity index (χ4n) is 9.76. The summed E-state index contributed by atoms with van der Waals surface area (Å²) in [6.45, 7) is -7.16. The lowest BCUT2D eigenvalue weighted by molar-refractivity contribution is -0.137. The van der Waals surface area contributed by atoms with Gasteiger partial charge in [-0.2, -0.15) is 0 Å². The summed E-state index contributed by atoms with van der Waals surface area (Å²) in [5.41, 5.74) is -2.92. The Hall–Kier alpha value is -7.24. The summed E-state index contributed by atoms with van der Waals surface area (Å²) in [6, 6.07) is 4.39. The van der Waals surface area contributed by atoms with Crippen LogP contribution in [0.2, 0.25) is 0 Å². The predicted molar refractivity (Wildman–Crippen MR) is 311 cm³/mol. The van der Waals surface area contributed by atoms with E-state index in [4.69, 9.17) is 37.0 Å². The van der Waals surface area contributed by atoms with Crippen LogP contribution in [0.25, 0.3) is 22.2 Å². The quantitative estimate of drug-likeness (QED) is 0.0238. The van der Waals surface area contributed by atoms with Gasteiger partial charge in [-0.05, 0) is 43.4 Å². The number of fused-ring (bicyclic) bond motifs is 5. The number of carbonyl (C=O) groups excluding carboxylic acids is 7. The number of imide groups is 1. The molecule has 9 rings (SSSR count). The van der Waals surface area contributed by atoms with Gasteiger partial charge in [0, 0.05) is 44.0 Å². The first-order valence-electron chi connectivity index (χ1n) is 27.4. The zero-order valence-corrected chi connectivity index (χ0v) is 51.2. The Morgan fingerprint density at radius 3 is 2.36 bits per heavy atom. The molecule has 0 saturated carbocycles. The summed E-state index contributed by atoms with van der Waals surface area (Å²) in [7, 11) is 1.39. The van der Waals surface area contributed by atoms with Gasteiger partial charge in [0.15, 0.2) is 40.8 Å². The van der Waals surface area contributed by atoms with Crippen LogP contribution in [0.5, 0.6) is 0 Å². The van der Waals surface area contributed by atoms with Crippen molar-refractivity contribution in [3.63, 3.8) is 0 Å². The summed E-state index contributed by atoms with van der Waals surface area (Å²) in [5, 5.41) is 21.5. The Morgan fingerprint density at radius 2 is 1.63 bits per heavy atom. The highest BCUT2D eigenvalue weighted by molar-refractivity contribution is 8.44. The van der Waals surface area contributed by atoms with Crippen LogP contribution in [-0.2, 0) is 82.5 Å². The zero-order valence-electron chi connectivity index (χ0n) is 47.7. The molecule has 38 heteroatoms. The van der Waals surface area contributed by atoms with Crippen molar-refractivity contribution < 1.29 is 93.6 Å².